The van der Waals surface area contributed by atoms with Crippen LogP contribution in [0.3, 0.4) is 0 Å². The Morgan fingerprint density at radius 3 is 2.82 bits per heavy atom. The van der Waals surface area contributed by atoms with Gasteiger partial charge in [-0.2, -0.15) is 13.2 Å². The lowest BCUT2D eigenvalue weighted by Crippen LogP contribution is -2.12. The number of benzene rings is 1. The van der Waals surface area contributed by atoms with E-state index in [0.717, 1.165) is 18.6 Å². The fraction of sp³-hybridized carbons (Fsp3) is 0.562. The number of rotatable bonds is 5. The van der Waals surface area contributed by atoms with Crippen molar-refractivity contribution in [1.29, 1.82) is 0 Å². The fourth-order valence-electron chi connectivity index (χ4n) is 2.59. The first kappa shape index (κ1) is 16.8. The molecular weight excluding hydrogens is 297 g/mol. The van der Waals surface area contributed by atoms with Crippen LogP contribution in [0, 0.1) is 0 Å². The van der Waals surface area contributed by atoms with Crippen molar-refractivity contribution in [2.45, 2.75) is 51.0 Å². The highest BCUT2D eigenvalue weighted by molar-refractivity contribution is 5.69. The normalized spacial score (nSPS) is 21.8. The Balaban J connectivity index is 1.92. The van der Waals surface area contributed by atoms with E-state index >= 15 is 0 Å². The largest absolute Gasteiger partial charge is 0.466 e. The lowest BCUT2D eigenvalue weighted by Gasteiger charge is -2.15. The highest BCUT2D eigenvalue weighted by atomic mass is 19.4. The van der Waals surface area contributed by atoms with E-state index in [1.54, 1.807) is 13.0 Å². The number of ether oxygens (including phenoxy) is 2. The Morgan fingerprint density at radius 1 is 1.36 bits per heavy atom. The van der Waals surface area contributed by atoms with Gasteiger partial charge in [-0.15, -0.1) is 0 Å². The summed E-state index contributed by atoms with van der Waals surface area (Å²) in [6, 6.07) is 5.23. The Kier molecular flexibility index (Phi) is 5.45. The van der Waals surface area contributed by atoms with Gasteiger partial charge in [-0.3, -0.25) is 4.79 Å². The lowest BCUT2D eigenvalue weighted by molar-refractivity contribution is -0.144. The van der Waals surface area contributed by atoms with Gasteiger partial charge in [0.2, 0.25) is 0 Å². The van der Waals surface area contributed by atoms with Crippen LogP contribution in [0.4, 0.5) is 13.2 Å². The van der Waals surface area contributed by atoms with Crippen molar-refractivity contribution in [2.24, 2.45) is 0 Å². The first-order valence-electron chi connectivity index (χ1n) is 7.38. The van der Waals surface area contributed by atoms with Gasteiger partial charge in [0, 0.05) is 6.42 Å². The van der Waals surface area contributed by atoms with Crippen molar-refractivity contribution in [1.82, 2.24) is 0 Å². The molecule has 0 aliphatic carbocycles. The van der Waals surface area contributed by atoms with Crippen molar-refractivity contribution < 1.29 is 27.4 Å². The molecule has 0 aromatic heterocycles. The summed E-state index contributed by atoms with van der Waals surface area (Å²) in [5.74, 6) is -0.270. The SMILES string of the molecule is CCOC(=O)CCC1CCC(c2cccc(C(F)(F)F)c2)O1. The molecule has 1 saturated heterocycles. The first-order chi connectivity index (χ1) is 10.4. The molecule has 0 bridgehead atoms. The molecule has 2 atom stereocenters. The zero-order valence-corrected chi connectivity index (χ0v) is 12.4. The second-order valence-corrected chi connectivity index (χ2v) is 5.29. The van der Waals surface area contributed by atoms with Crippen molar-refractivity contribution in [3.05, 3.63) is 35.4 Å². The van der Waals surface area contributed by atoms with Crippen LogP contribution in [-0.4, -0.2) is 18.7 Å². The van der Waals surface area contributed by atoms with Gasteiger partial charge in [0.25, 0.3) is 0 Å². The number of hydrogen-bond acceptors (Lipinski definition) is 3. The maximum Gasteiger partial charge on any atom is 0.416 e. The Morgan fingerprint density at radius 2 is 2.14 bits per heavy atom. The summed E-state index contributed by atoms with van der Waals surface area (Å²) in [6.07, 6.45) is -2.59. The molecule has 6 heteroatoms. The highest BCUT2D eigenvalue weighted by Gasteiger charge is 2.32. The van der Waals surface area contributed by atoms with Gasteiger partial charge in [0.15, 0.2) is 0 Å². The van der Waals surface area contributed by atoms with Crippen LogP contribution in [0.15, 0.2) is 24.3 Å². The van der Waals surface area contributed by atoms with Gasteiger partial charge in [-0.05, 0) is 43.9 Å². The Labute approximate surface area is 127 Å². The molecule has 0 spiro atoms. The van der Waals surface area contributed by atoms with E-state index in [9.17, 15) is 18.0 Å². The average Bonchev–Trinajstić information content (AvgIpc) is 2.94. The molecule has 1 heterocycles. The van der Waals surface area contributed by atoms with E-state index in [1.807, 2.05) is 0 Å². The van der Waals surface area contributed by atoms with Crippen molar-refractivity contribution in [3.8, 4) is 0 Å². The quantitative estimate of drug-likeness (QED) is 0.761. The first-order valence-corrected chi connectivity index (χ1v) is 7.38. The van der Waals surface area contributed by atoms with E-state index in [-0.39, 0.29) is 24.6 Å². The van der Waals surface area contributed by atoms with E-state index in [4.69, 9.17) is 9.47 Å². The van der Waals surface area contributed by atoms with E-state index in [2.05, 4.69) is 0 Å². The third-order valence-electron chi connectivity index (χ3n) is 3.67. The highest BCUT2D eigenvalue weighted by Crippen LogP contribution is 2.37. The molecule has 1 aliphatic rings. The summed E-state index contributed by atoms with van der Waals surface area (Å²) in [6.45, 7) is 2.09. The molecule has 0 saturated carbocycles. The molecule has 1 aromatic carbocycles. The predicted octanol–water partition coefficient (Wildman–Crippen LogP) is 4.27. The second-order valence-electron chi connectivity index (χ2n) is 5.29. The van der Waals surface area contributed by atoms with Gasteiger partial charge in [0.1, 0.15) is 0 Å². The topological polar surface area (TPSA) is 35.5 Å². The minimum atomic E-state index is -4.35. The Bertz CT molecular complexity index is 514. The third-order valence-corrected chi connectivity index (χ3v) is 3.67. The molecule has 122 valence electrons. The summed E-state index contributed by atoms with van der Waals surface area (Å²) < 4.78 is 48.8. The Hall–Kier alpha value is -1.56. The molecular formula is C16H19F3O3. The summed E-state index contributed by atoms with van der Waals surface area (Å²) in [7, 11) is 0. The molecule has 22 heavy (non-hydrogen) atoms. The molecule has 0 radical (unpaired) electrons. The number of alkyl halides is 3. The predicted molar refractivity (Wildman–Crippen MR) is 74.2 cm³/mol. The maximum absolute atomic E-state index is 12.7. The number of carbonyl (C=O) groups excluding carboxylic acids is 1. The number of hydrogen-bond donors (Lipinski definition) is 0. The zero-order chi connectivity index (χ0) is 16.2. The van der Waals surface area contributed by atoms with Gasteiger partial charge in [-0.1, -0.05) is 12.1 Å². The van der Waals surface area contributed by atoms with Crippen LogP contribution in [0.25, 0.3) is 0 Å². The minimum Gasteiger partial charge on any atom is -0.466 e. The third kappa shape index (κ3) is 4.47. The summed E-state index contributed by atoms with van der Waals surface area (Å²) >= 11 is 0. The van der Waals surface area contributed by atoms with E-state index in [1.165, 1.54) is 6.07 Å². The van der Waals surface area contributed by atoms with Crippen molar-refractivity contribution in [3.63, 3.8) is 0 Å². The molecule has 3 nitrogen and oxygen atoms in total. The van der Waals surface area contributed by atoms with Crippen LogP contribution in [0.5, 0.6) is 0 Å². The van der Waals surface area contributed by atoms with Crippen LogP contribution in [0.2, 0.25) is 0 Å². The molecule has 1 aromatic rings. The van der Waals surface area contributed by atoms with E-state index in [0.29, 0.717) is 25.0 Å². The van der Waals surface area contributed by atoms with Gasteiger partial charge < -0.3 is 9.47 Å². The van der Waals surface area contributed by atoms with Crippen molar-refractivity contribution in [2.75, 3.05) is 6.61 Å². The van der Waals surface area contributed by atoms with Crippen LogP contribution in [-0.2, 0) is 20.4 Å². The lowest BCUT2D eigenvalue weighted by atomic mass is 10.0. The standard InChI is InChI=1S/C16H19F3O3/c1-2-21-15(20)9-7-13-6-8-14(22-13)11-4-3-5-12(10-11)16(17,18)19/h3-5,10,13-14H,2,6-9H2,1H3. The molecule has 0 N–H and O–H groups in total. The van der Waals surface area contributed by atoms with Crippen LogP contribution < -0.4 is 0 Å². The number of halogens is 3. The molecule has 1 fully saturated rings. The maximum atomic E-state index is 12.7. The fourth-order valence-corrected chi connectivity index (χ4v) is 2.59. The van der Waals surface area contributed by atoms with Crippen LogP contribution in [0.1, 0.15) is 49.8 Å². The zero-order valence-electron chi connectivity index (χ0n) is 12.4. The summed E-state index contributed by atoms with van der Waals surface area (Å²) in [4.78, 5) is 11.3. The van der Waals surface area contributed by atoms with Gasteiger partial charge >= 0.3 is 12.1 Å². The van der Waals surface area contributed by atoms with E-state index < -0.39 is 11.7 Å². The monoisotopic (exact) mass is 316 g/mol. The minimum absolute atomic E-state index is 0.107. The number of carbonyl (C=O) groups is 1. The van der Waals surface area contributed by atoms with Gasteiger partial charge in [0.05, 0.1) is 24.4 Å². The summed E-state index contributed by atoms with van der Waals surface area (Å²) in [5.41, 5.74) is -0.128. The second kappa shape index (κ2) is 7.13. The molecule has 0 amide bonds. The van der Waals surface area contributed by atoms with Gasteiger partial charge in [-0.25, -0.2) is 0 Å². The average molecular weight is 316 g/mol. The van der Waals surface area contributed by atoms with Crippen molar-refractivity contribution >= 4 is 5.97 Å². The molecule has 2 rings (SSSR count). The number of esters is 1. The van der Waals surface area contributed by atoms with Crippen LogP contribution >= 0.6 is 0 Å². The molecule has 2 unspecified atom stereocenters. The molecule has 1 aliphatic heterocycles. The summed E-state index contributed by atoms with van der Waals surface area (Å²) in [5, 5.41) is 0. The smallest absolute Gasteiger partial charge is 0.416 e.